The number of carbonyl (C=O) groups is 1. The van der Waals surface area contributed by atoms with E-state index in [4.69, 9.17) is 0 Å². The fourth-order valence-electron chi connectivity index (χ4n) is 3.93. The van der Waals surface area contributed by atoms with Gasteiger partial charge in [0.15, 0.2) is 0 Å². The second kappa shape index (κ2) is 8.07. The molecule has 4 rings (SSSR count). The van der Waals surface area contributed by atoms with Crippen LogP contribution in [0, 0.1) is 5.92 Å². The molecule has 0 aliphatic carbocycles. The minimum Gasteiger partial charge on any atom is -0.378 e. The Kier molecular flexibility index (Phi) is 5.34. The topological polar surface area (TPSA) is 58.4 Å². The number of hydrogen-bond donors (Lipinski definition) is 0. The molecule has 2 heterocycles. The first-order valence-corrected chi connectivity index (χ1v) is 10.0. The number of benzene rings is 2. The molecule has 1 aromatic heterocycles. The van der Waals surface area contributed by atoms with E-state index in [1.807, 2.05) is 72.4 Å². The van der Waals surface area contributed by atoms with E-state index in [1.54, 1.807) is 10.9 Å². The molecule has 2 aromatic carbocycles. The molecule has 0 radical (unpaired) electrons. The maximum atomic E-state index is 12.9. The highest BCUT2D eigenvalue weighted by molar-refractivity contribution is 5.95. The number of piperidine rings is 1. The molecule has 6 nitrogen and oxygen atoms in total. The Morgan fingerprint density at radius 2 is 1.86 bits per heavy atom. The first-order chi connectivity index (χ1) is 14.0. The summed E-state index contributed by atoms with van der Waals surface area (Å²) in [4.78, 5) is 33.9. The van der Waals surface area contributed by atoms with E-state index in [2.05, 4.69) is 4.98 Å². The smallest absolute Gasteiger partial charge is 0.261 e. The summed E-state index contributed by atoms with van der Waals surface area (Å²) in [7, 11) is 3.94. The summed E-state index contributed by atoms with van der Waals surface area (Å²) in [6.45, 7) is 2.08. The van der Waals surface area contributed by atoms with Crippen LogP contribution in [-0.4, -0.2) is 47.5 Å². The summed E-state index contributed by atoms with van der Waals surface area (Å²) in [5, 5.41) is 0.656. The molecule has 0 spiro atoms. The van der Waals surface area contributed by atoms with Crippen LogP contribution >= 0.6 is 0 Å². The van der Waals surface area contributed by atoms with Crippen LogP contribution in [0.25, 0.3) is 10.9 Å². The lowest BCUT2D eigenvalue weighted by Gasteiger charge is -2.32. The molecule has 150 valence electrons. The summed E-state index contributed by atoms with van der Waals surface area (Å²) < 4.78 is 1.71. The van der Waals surface area contributed by atoms with Gasteiger partial charge in [-0.15, -0.1) is 0 Å². The van der Waals surface area contributed by atoms with Gasteiger partial charge in [0.25, 0.3) is 11.5 Å². The van der Waals surface area contributed by atoms with Crippen molar-refractivity contribution < 1.29 is 4.79 Å². The SMILES string of the molecule is CN(C)c1cccc(C(=O)N2CCC(Cn3cnc4ccccc4c3=O)CC2)c1. The maximum Gasteiger partial charge on any atom is 0.261 e. The summed E-state index contributed by atoms with van der Waals surface area (Å²) in [5.74, 6) is 0.449. The second-order valence-corrected chi connectivity index (χ2v) is 7.90. The fraction of sp³-hybridized carbons (Fsp3) is 0.348. The minimum atomic E-state index is 0.00889. The van der Waals surface area contributed by atoms with Crippen LogP contribution in [0.15, 0.2) is 59.7 Å². The Balaban J connectivity index is 1.41. The van der Waals surface area contributed by atoms with E-state index in [1.165, 1.54) is 0 Å². The van der Waals surface area contributed by atoms with Crippen molar-refractivity contribution >= 4 is 22.5 Å². The molecule has 1 fully saturated rings. The van der Waals surface area contributed by atoms with Gasteiger partial charge in [0.2, 0.25) is 0 Å². The van der Waals surface area contributed by atoms with Crippen LogP contribution < -0.4 is 10.5 Å². The third kappa shape index (κ3) is 4.01. The van der Waals surface area contributed by atoms with Gasteiger partial charge in [-0.2, -0.15) is 0 Å². The van der Waals surface area contributed by atoms with Crippen molar-refractivity contribution in [1.29, 1.82) is 0 Å². The Bertz CT molecular complexity index is 1080. The van der Waals surface area contributed by atoms with E-state index in [0.29, 0.717) is 30.9 Å². The molecule has 1 saturated heterocycles. The quantitative estimate of drug-likeness (QED) is 0.687. The van der Waals surface area contributed by atoms with E-state index < -0.39 is 0 Å². The fourth-order valence-corrected chi connectivity index (χ4v) is 3.93. The number of amides is 1. The lowest BCUT2D eigenvalue weighted by atomic mass is 9.96. The number of carbonyl (C=O) groups excluding carboxylic acids is 1. The third-order valence-electron chi connectivity index (χ3n) is 5.70. The molecule has 3 aromatic rings. The Morgan fingerprint density at radius 3 is 2.62 bits per heavy atom. The summed E-state index contributed by atoms with van der Waals surface area (Å²) in [5.41, 5.74) is 2.49. The predicted molar refractivity (Wildman–Crippen MR) is 115 cm³/mol. The minimum absolute atomic E-state index is 0.00889. The van der Waals surface area contributed by atoms with Crippen LogP contribution in [-0.2, 0) is 6.54 Å². The molecule has 1 aliphatic heterocycles. The van der Waals surface area contributed by atoms with Crippen LogP contribution in [0.4, 0.5) is 5.69 Å². The predicted octanol–water partition coefficient (Wildman–Crippen LogP) is 3.01. The first-order valence-electron chi connectivity index (χ1n) is 10.0. The number of para-hydroxylation sites is 1. The van der Waals surface area contributed by atoms with Gasteiger partial charge in [-0.25, -0.2) is 4.98 Å². The zero-order chi connectivity index (χ0) is 20.4. The Labute approximate surface area is 170 Å². The van der Waals surface area contributed by atoms with Gasteiger partial charge in [-0.3, -0.25) is 14.2 Å². The molecule has 0 bridgehead atoms. The summed E-state index contributed by atoms with van der Waals surface area (Å²) >= 11 is 0. The number of nitrogens with zero attached hydrogens (tertiary/aromatic N) is 4. The van der Waals surface area contributed by atoms with Crippen molar-refractivity contribution in [2.24, 2.45) is 5.92 Å². The third-order valence-corrected chi connectivity index (χ3v) is 5.70. The van der Waals surface area contributed by atoms with E-state index in [9.17, 15) is 9.59 Å². The zero-order valence-electron chi connectivity index (χ0n) is 16.9. The normalized spacial score (nSPS) is 14.9. The van der Waals surface area contributed by atoms with Gasteiger partial charge in [0.1, 0.15) is 0 Å². The van der Waals surface area contributed by atoms with Crippen molar-refractivity contribution in [3.63, 3.8) is 0 Å². The number of rotatable bonds is 4. The van der Waals surface area contributed by atoms with E-state index in [0.717, 1.165) is 29.6 Å². The zero-order valence-corrected chi connectivity index (χ0v) is 16.9. The van der Waals surface area contributed by atoms with Gasteiger partial charge in [0, 0.05) is 45.0 Å². The van der Waals surface area contributed by atoms with Gasteiger partial charge >= 0.3 is 0 Å². The van der Waals surface area contributed by atoms with Gasteiger partial charge in [0.05, 0.1) is 17.2 Å². The maximum absolute atomic E-state index is 12.9. The number of hydrogen-bond acceptors (Lipinski definition) is 4. The first kappa shape index (κ1) is 19.2. The summed E-state index contributed by atoms with van der Waals surface area (Å²) in [6, 6.07) is 15.2. The lowest BCUT2D eigenvalue weighted by Crippen LogP contribution is -2.40. The molecular weight excluding hydrogens is 364 g/mol. The molecule has 0 N–H and O–H groups in total. The largest absolute Gasteiger partial charge is 0.378 e. The molecule has 0 unspecified atom stereocenters. The molecule has 1 amide bonds. The second-order valence-electron chi connectivity index (χ2n) is 7.90. The van der Waals surface area contributed by atoms with Crippen molar-refractivity contribution in [1.82, 2.24) is 14.5 Å². The average molecular weight is 390 g/mol. The van der Waals surface area contributed by atoms with Crippen LogP contribution in [0.3, 0.4) is 0 Å². The van der Waals surface area contributed by atoms with Gasteiger partial charge < -0.3 is 9.80 Å². The number of likely N-dealkylation sites (tertiary alicyclic amines) is 1. The van der Waals surface area contributed by atoms with Crippen LogP contribution in [0.2, 0.25) is 0 Å². The number of fused-ring (bicyclic) bond motifs is 1. The molecular formula is C23H26N4O2. The van der Waals surface area contributed by atoms with Crippen molar-refractivity contribution in [2.75, 3.05) is 32.1 Å². The standard InChI is InChI=1S/C23H26N4O2/c1-25(2)19-7-5-6-18(14-19)22(28)26-12-10-17(11-13-26)15-27-16-24-21-9-4-3-8-20(21)23(27)29/h3-9,14,16-17H,10-13,15H2,1-2H3. The highest BCUT2D eigenvalue weighted by Crippen LogP contribution is 2.22. The van der Waals surface area contributed by atoms with E-state index in [-0.39, 0.29) is 11.5 Å². The number of aromatic nitrogens is 2. The van der Waals surface area contributed by atoms with Gasteiger partial charge in [-0.1, -0.05) is 18.2 Å². The van der Waals surface area contributed by atoms with Crippen LogP contribution in [0.5, 0.6) is 0 Å². The Morgan fingerprint density at radius 1 is 1.10 bits per heavy atom. The average Bonchev–Trinajstić information content (AvgIpc) is 2.76. The molecule has 0 saturated carbocycles. The van der Waals surface area contributed by atoms with Crippen molar-refractivity contribution in [3.8, 4) is 0 Å². The van der Waals surface area contributed by atoms with Crippen molar-refractivity contribution in [2.45, 2.75) is 19.4 Å². The Hall–Kier alpha value is -3.15. The van der Waals surface area contributed by atoms with Crippen molar-refractivity contribution in [3.05, 3.63) is 70.8 Å². The molecule has 29 heavy (non-hydrogen) atoms. The van der Waals surface area contributed by atoms with E-state index >= 15 is 0 Å². The number of anilines is 1. The highest BCUT2D eigenvalue weighted by Gasteiger charge is 2.24. The molecule has 0 atom stereocenters. The molecule has 6 heteroatoms. The highest BCUT2D eigenvalue weighted by atomic mass is 16.2. The van der Waals surface area contributed by atoms with Gasteiger partial charge in [-0.05, 0) is 49.1 Å². The monoisotopic (exact) mass is 390 g/mol. The lowest BCUT2D eigenvalue weighted by molar-refractivity contribution is 0.0682. The molecule has 1 aliphatic rings. The summed E-state index contributed by atoms with van der Waals surface area (Å²) in [6.07, 6.45) is 3.42. The van der Waals surface area contributed by atoms with Crippen LogP contribution in [0.1, 0.15) is 23.2 Å².